The Morgan fingerprint density at radius 3 is 2.57 bits per heavy atom. The third-order valence-electron chi connectivity index (χ3n) is 6.79. The fraction of sp³-hybridized carbons (Fsp3) is 0.333. The molecule has 0 saturated carbocycles. The number of sulfonamides is 1. The number of pyridine rings is 1. The van der Waals surface area contributed by atoms with Crippen LogP contribution in [0.15, 0.2) is 72.1 Å². The summed E-state index contributed by atoms with van der Waals surface area (Å²) in [7, 11) is -1.86. The van der Waals surface area contributed by atoms with Crippen LogP contribution < -0.4 is 5.32 Å². The van der Waals surface area contributed by atoms with E-state index in [-0.39, 0.29) is 6.04 Å². The van der Waals surface area contributed by atoms with E-state index in [2.05, 4.69) is 15.3 Å². The number of aryl methyl sites for hydroxylation is 1. The van der Waals surface area contributed by atoms with Gasteiger partial charge in [0.2, 0.25) is 10.0 Å². The molecule has 4 heterocycles. The summed E-state index contributed by atoms with van der Waals surface area (Å²) >= 11 is 0. The molecular weight excluding hydrogens is 486 g/mol. The van der Waals surface area contributed by atoms with Crippen molar-refractivity contribution in [2.24, 2.45) is 0 Å². The highest BCUT2D eigenvalue weighted by Gasteiger charge is 2.29. The Labute approximate surface area is 217 Å². The summed E-state index contributed by atoms with van der Waals surface area (Å²) in [6.45, 7) is 4.47. The third-order valence-corrected chi connectivity index (χ3v) is 8.71. The minimum absolute atomic E-state index is 0.0238. The van der Waals surface area contributed by atoms with Gasteiger partial charge in [-0.15, -0.1) is 0 Å². The van der Waals surface area contributed by atoms with E-state index in [0.29, 0.717) is 17.1 Å². The maximum Gasteiger partial charge on any atom is 0.243 e. The summed E-state index contributed by atoms with van der Waals surface area (Å²) < 4.78 is 29.7. The number of aromatic nitrogens is 5. The van der Waals surface area contributed by atoms with Crippen LogP contribution in [0.1, 0.15) is 31.2 Å². The average Bonchev–Trinajstić information content (AvgIpc) is 3.39. The number of piperidine rings is 1. The Morgan fingerprint density at radius 2 is 1.86 bits per heavy atom. The Hall–Kier alpha value is -3.47. The molecule has 9 nitrogen and oxygen atoms in total. The van der Waals surface area contributed by atoms with E-state index in [0.717, 1.165) is 60.6 Å². The number of nitrogens with zero attached hydrogens (tertiary/aromatic N) is 6. The van der Waals surface area contributed by atoms with Crippen LogP contribution in [0, 0.1) is 0 Å². The van der Waals surface area contributed by atoms with Crippen LogP contribution >= 0.6 is 0 Å². The molecule has 0 bridgehead atoms. The van der Waals surface area contributed by atoms with Gasteiger partial charge in [0.1, 0.15) is 11.5 Å². The SMILES string of the molecule is CCn1cc(-c2ccnc(Cc3ccc(S(=O)(=O)N(C)C4CCNCC4)cc3)n2)c(-c2cccnc2)n1. The number of hydrogen-bond donors (Lipinski definition) is 1. The Bertz CT molecular complexity index is 1450. The lowest BCUT2D eigenvalue weighted by atomic mass is 10.1. The quantitative estimate of drug-likeness (QED) is 0.382. The lowest BCUT2D eigenvalue weighted by Gasteiger charge is -2.30. The third kappa shape index (κ3) is 5.46. The molecule has 1 saturated heterocycles. The van der Waals surface area contributed by atoms with Crippen molar-refractivity contribution >= 4 is 10.0 Å². The number of rotatable bonds is 8. The summed E-state index contributed by atoms with van der Waals surface area (Å²) in [6.07, 6.45) is 9.41. The highest BCUT2D eigenvalue weighted by Crippen LogP contribution is 2.29. The second kappa shape index (κ2) is 10.9. The van der Waals surface area contributed by atoms with Gasteiger partial charge in [0.25, 0.3) is 0 Å². The molecule has 3 aromatic heterocycles. The van der Waals surface area contributed by atoms with Crippen LogP contribution in [0.4, 0.5) is 0 Å². The first kappa shape index (κ1) is 25.2. The van der Waals surface area contributed by atoms with Crippen LogP contribution in [-0.4, -0.2) is 63.6 Å². The first-order valence-electron chi connectivity index (χ1n) is 12.5. The first-order chi connectivity index (χ1) is 18.0. The van der Waals surface area contributed by atoms with E-state index >= 15 is 0 Å². The summed E-state index contributed by atoms with van der Waals surface area (Å²) in [4.78, 5) is 13.8. The molecule has 0 unspecified atom stereocenters. The first-order valence-corrected chi connectivity index (χ1v) is 14.0. The van der Waals surface area contributed by atoms with Gasteiger partial charge < -0.3 is 5.32 Å². The average molecular weight is 518 g/mol. The molecule has 0 amide bonds. The molecule has 37 heavy (non-hydrogen) atoms. The van der Waals surface area contributed by atoms with Crippen molar-refractivity contribution < 1.29 is 8.42 Å². The van der Waals surface area contributed by atoms with Crippen LogP contribution in [0.3, 0.4) is 0 Å². The smallest absolute Gasteiger partial charge is 0.243 e. The number of benzene rings is 1. The predicted molar refractivity (Wildman–Crippen MR) is 142 cm³/mol. The molecule has 1 aromatic carbocycles. The second-order valence-electron chi connectivity index (χ2n) is 9.17. The molecule has 4 aromatic rings. The maximum absolute atomic E-state index is 13.1. The van der Waals surface area contributed by atoms with Gasteiger partial charge in [-0.2, -0.15) is 9.40 Å². The minimum atomic E-state index is -3.54. The standard InChI is InChI=1S/C27H31N7O2S/c1-3-34-19-24(27(32-34)21-5-4-13-29-18-21)25-12-16-30-26(31-25)17-20-6-8-23(9-7-20)37(35,36)33(2)22-10-14-28-15-11-22/h4-9,12-13,16,18-19,22,28H,3,10-11,14-15,17H2,1-2H3. The fourth-order valence-electron chi connectivity index (χ4n) is 4.62. The molecule has 5 rings (SSSR count). The summed E-state index contributed by atoms with van der Waals surface area (Å²) in [5.74, 6) is 0.654. The van der Waals surface area contributed by atoms with E-state index in [4.69, 9.17) is 10.1 Å². The summed E-state index contributed by atoms with van der Waals surface area (Å²) in [5, 5.41) is 8.00. The summed E-state index contributed by atoms with van der Waals surface area (Å²) in [5.41, 5.74) is 4.40. The van der Waals surface area contributed by atoms with Crippen molar-refractivity contribution in [2.75, 3.05) is 20.1 Å². The van der Waals surface area contributed by atoms with Crippen LogP contribution in [0.2, 0.25) is 0 Å². The fourth-order valence-corrected chi connectivity index (χ4v) is 6.03. The summed E-state index contributed by atoms with van der Waals surface area (Å²) in [6, 6.07) is 12.8. The Balaban J connectivity index is 1.36. The van der Waals surface area contributed by atoms with Gasteiger partial charge >= 0.3 is 0 Å². The molecule has 10 heteroatoms. The van der Waals surface area contributed by atoms with E-state index < -0.39 is 10.0 Å². The predicted octanol–water partition coefficient (Wildman–Crippen LogP) is 3.39. The van der Waals surface area contributed by atoms with E-state index in [1.165, 1.54) is 4.31 Å². The zero-order chi connectivity index (χ0) is 25.8. The van der Waals surface area contributed by atoms with E-state index in [1.807, 2.05) is 48.1 Å². The lowest BCUT2D eigenvalue weighted by molar-refractivity contribution is 0.296. The van der Waals surface area contributed by atoms with Gasteiger partial charge in [0.15, 0.2) is 0 Å². The molecule has 1 aliphatic rings. The van der Waals surface area contributed by atoms with Gasteiger partial charge in [-0.3, -0.25) is 9.67 Å². The van der Waals surface area contributed by atoms with Crippen LogP contribution in [-0.2, 0) is 23.0 Å². The topological polar surface area (TPSA) is 106 Å². The van der Waals surface area contributed by atoms with Gasteiger partial charge in [-0.1, -0.05) is 12.1 Å². The van der Waals surface area contributed by atoms with Crippen molar-refractivity contribution in [2.45, 2.75) is 43.7 Å². The minimum Gasteiger partial charge on any atom is -0.317 e. The molecular formula is C27H31N7O2S. The number of hydrogen-bond acceptors (Lipinski definition) is 7. The molecule has 0 atom stereocenters. The second-order valence-corrected chi connectivity index (χ2v) is 11.2. The molecule has 0 aliphatic carbocycles. The van der Waals surface area contributed by atoms with Crippen molar-refractivity contribution in [3.05, 3.63) is 78.6 Å². The van der Waals surface area contributed by atoms with Crippen LogP contribution in [0.5, 0.6) is 0 Å². The lowest BCUT2D eigenvalue weighted by Crippen LogP contribution is -2.43. The Morgan fingerprint density at radius 1 is 1.08 bits per heavy atom. The molecule has 1 fully saturated rings. The zero-order valence-corrected chi connectivity index (χ0v) is 21.9. The van der Waals surface area contributed by atoms with Gasteiger partial charge in [-0.25, -0.2) is 18.4 Å². The molecule has 1 aliphatic heterocycles. The van der Waals surface area contributed by atoms with Crippen LogP contribution in [0.25, 0.3) is 22.5 Å². The van der Waals surface area contributed by atoms with E-state index in [9.17, 15) is 8.42 Å². The van der Waals surface area contributed by atoms with Crippen molar-refractivity contribution in [1.82, 2.24) is 34.4 Å². The molecule has 192 valence electrons. The Kier molecular flexibility index (Phi) is 7.40. The molecule has 1 N–H and O–H groups in total. The van der Waals surface area contributed by atoms with Gasteiger partial charge in [0.05, 0.1) is 10.6 Å². The van der Waals surface area contributed by atoms with E-state index in [1.54, 1.807) is 37.8 Å². The largest absolute Gasteiger partial charge is 0.317 e. The zero-order valence-electron chi connectivity index (χ0n) is 21.1. The van der Waals surface area contributed by atoms with Crippen molar-refractivity contribution in [3.63, 3.8) is 0 Å². The molecule has 0 spiro atoms. The van der Waals surface area contributed by atoms with Gasteiger partial charge in [-0.05, 0) is 68.8 Å². The van der Waals surface area contributed by atoms with Crippen molar-refractivity contribution in [1.29, 1.82) is 0 Å². The number of nitrogens with one attached hydrogen (secondary N) is 1. The van der Waals surface area contributed by atoms with Crippen molar-refractivity contribution in [3.8, 4) is 22.5 Å². The highest BCUT2D eigenvalue weighted by molar-refractivity contribution is 7.89. The molecule has 0 radical (unpaired) electrons. The monoisotopic (exact) mass is 517 g/mol. The van der Waals surface area contributed by atoms with Gasteiger partial charge in [0, 0.05) is 62.0 Å². The normalized spacial score (nSPS) is 14.8. The highest BCUT2D eigenvalue weighted by atomic mass is 32.2. The maximum atomic E-state index is 13.1.